The van der Waals surface area contributed by atoms with Crippen molar-refractivity contribution in [3.8, 4) is 5.75 Å². The second-order valence-electron chi connectivity index (χ2n) is 7.41. The van der Waals surface area contributed by atoms with Gasteiger partial charge in [0.25, 0.3) is 5.79 Å². The largest absolute Gasteiger partial charge is 0.454 e. The molecule has 0 saturated carbocycles. The van der Waals surface area contributed by atoms with Crippen LogP contribution in [0, 0.1) is 0 Å². The zero-order valence-electron chi connectivity index (χ0n) is 15.5. The lowest BCUT2D eigenvalue weighted by atomic mass is 9.82. The van der Waals surface area contributed by atoms with Crippen molar-refractivity contribution in [3.63, 3.8) is 0 Å². The monoisotopic (exact) mass is 366 g/mol. The topological polar surface area (TPSA) is 102 Å². The molecule has 4 rings (SSSR count). The van der Waals surface area contributed by atoms with Crippen molar-refractivity contribution in [1.29, 1.82) is 0 Å². The van der Waals surface area contributed by atoms with E-state index in [2.05, 4.69) is 5.32 Å². The Morgan fingerprint density at radius 1 is 1.26 bits per heavy atom. The van der Waals surface area contributed by atoms with Gasteiger partial charge in [0.05, 0.1) is 5.56 Å². The maximum Gasteiger partial charge on any atom is 0.271 e. The lowest BCUT2D eigenvalue weighted by molar-refractivity contribution is -0.175. The Balaban J connectivity index is 2.01. The molecule has 27 heavy (non-hydrogen) atoms. The highest BCUT2D eigenvalue weighted by Crippen LogP contribution is 2.59. The minimum atomic E-state index is -2.04. The van der Waals surface area contributed by atoms with Crippen LogP contribution in [0.1, 0.15) is 60.2 Å². The number of ether oxygens (including phenoxy) is 1. The Bertz CT molecular complexity index is 984. The number of hydrogen-bond acceptors (Lipinski definition) is 5. The van der Waals surface area contributed by atoms with Crippen molar-refractivity contribution in [2.45, 2.75) is 44.4 Å². The second kappa shape index (κ2) is 5.57. The second-order valence-corrected chi connectivity index (χ2v) is 7.41. The van der Waals surface area contributed by atoms with Crippen LogP contribution in [0.2, 0.25) is 0 Å². The predicted molar refractivity (Wildman–Crippen MR) is 100 cm³/mol. The number of carbonyl (C=O) groups excluding carboxylic acids is 2. The molecule has 0 radical (unpaired) electrons. The molecule has 1 aliphatic heterocycles. The van der Waals surface area contributed by atoms with Gasteiger partial charge in [0.15, 0.2) is 0 Å². The van der Waals surface area contributed by atoms with Crippen LogP contribution in [0.5, 0.6) is 5.75 Å². The molecule has 2 atom stereocenters. The third kappa shape index (κ3) is 2.04. The summed E-state index contributed by atoms with van der Waals surface area (Å²) < 4.78 is 5.97. The molecule has 0 spiro atoms. The first-order valence-electron chi connectivity index (χ1n) is 9.06. The van der Waals surface area contributed by atoms with Gasteiger partial charge in [0.2, 0.25) is 17.2 Å². The van der Waals surface area contributed by atoms with E-state index in [9.17, 15) is 14.7 Å². The Kier molecular flexibility index (Phi) is 3.62. The summed E-state index contributed by atoms with van der Waals surface area (Å²) in [6, 6.07) is 10.3. The fourth-order valence-corrected chi connectivity index (χ4v) is 4.04. The van der Waals surface area contributed by atoms with Gasteiger partial charge in [-0.3, -0.25) is 9.59 Å². The number of hydrogen-bond donors (Lipinski definition) is 3. The Hall–Kier alpha value is -2.86. The highest BCUT2D eigenvalue weighted by molar-refractivity contribution is 6.15. The number of rotatable bonds is 3. The molecule has 2 aromatic carbocycles. The SMILES string of the molecule is CCC(=O)NC12C(=O)c3c(N)cccc3C1(O)Oc1cc(C(C)C)ccc12. The maximum atomic E-state index is 13.5. The van der Waals surface area contributed by atoms with Crippen LogP contribution in [0.4, 0.5) is 5.69 Å². The van der Waals surface area contributed by atoms with Crippen LogP contribution < -0.4 is 15.8 Å². The van der Waals surface area contributed by atoms with E-state index < -0.39 is 17.1 Å². The molecule has 2 aliphatic rings. The number of Topliss-reactive ketones (excluding diaryl/α,β-unsaturated/α-hetero) is 1. The molecular weight excluding hydrogens is 344 g/mol. The molecule has 6 nitrogen and oxygen atoms in total. The Morgan fingerprint density at radius 2 is 2.00 bits per heavy atom. The minimum absolute atomic E-state index is 0.163. The Labute approximate surface area is 157 Å². The molecule has 2 aromatic rings. The maximum absolute atomic E-state index is 13.5. The van der Waals surface area contributed by atoms with Crippen LogP contribution in [-0.4, -0.2) is 16.8 Å². The summed E-state index contributed by atoms with van der Waals surface area (Å²) in [5.41, 5.74) is 6.44. The molecule has 1 amide bonds. The van der Waals surface area contributed by atoms with Crippen molar-refractivity contribution < 1.29 is 19.4 Å². The number of ketones is 1. The average Bonchev–Trinajstić information content (AvgIpc) is 2.99. The highest BCUT2D eigenvalue weighted by Gasteiger charge is 2.72. The van der Waals surface area contributed by atoms with Gasteiger partial charge in [-0.05, 0) is 23.6 Å². The van der Waals surface area contributed by atoms with Crippen molar-refractivity contribution in [1.82, 2.24) is 5.32 Å². The van der Waals surface area contributed by atoms with Gasteiger partial charge in [0.1, 0.15) is 5.75 Å². The molecule has 1 heterocycles. The zero-order chi connectivity index (χ0) is 19.6. The molecule has 4 N–H and O–H groups in total. The first kappa shape index (κ1) is 17.5. The van der Waals surface area contributed by atoms with Gasteiger partial charge in [-0.25, -0.2) is 0 Å². The van der Waals surface area contributed by atoms with E-state index in [1.807, 2.05) is 26.0 Å². The third-order valence-corrected chi connectivity index (χ3v) is 5.52. The van der Waals surface area contributed by atoms with E-state index in [0.29, 0.717) is 11.3 Å². The van der Waals surface area contributed by atoms with Crippen LogP contribution in [-0.2, 0) is 16.1 Å². The quantitative estimate of drug-likeness (QED) is 0.725. The summed E-state index contributed by atoms with van der Waals surface area (Å²) in [4.78, 5) is 25.9. The van der Waals surface area contributed by atoms with Gasteiger partial charge in [-0.1, -0.05) is 45.0 Å². The molecule has 0 fully saturated rings. The van der Waals surface area contributed by atoms with Gasteiger partial charge in [0, 0.05) is 23.2 Å². The predicted octanol–water partition coefficient (Wildman–Crippen LogP) is 2.55. The number of nitrogens with one attached hydrogen (secondary N) is 1. The minimum Gasteiger partial charge on any atom is -0.454 e. The average molecular weight is 366 g/mol. The van der Waals surface area contributed by atoms with Crippen LogP contribution in [0.15, 0.2) is 36.4 Å². The Morgan fingerprint density at radius 3 is 2.67 bits per heavy atom. The van der Waals surface area contributed by atoms with E-state index in [-0.39, 0.29) is 35.1 Å². The molecule has 140 valence electrons. The summed E-state index contributed by atoms with van der Waals surface area (Å²) in [5.74, 6) is -2.23. The number of anilines is 1. The summed E-state index contributed by atoms with van der Waals surface area (Å²) in [6.07, 6.45) is 0.163. The number of aliphatic hydroxyl groups is 1. The molecule has 1 aliphatic carbocycles. The number of amides is 1. The first-order chi connectivity index (χ1) is 12.8. The van der Waals surface area contributed by atoms with Gasteiger partial charge >= 0.3 is 0 Å². The van der Waals surface area contributed by atoms with Gasteiger partial charge < -0.3 is 20.9 Å². The fourth-order valence-electron chi connectivity index (χ4n) is 4.04. The lowest BCUT2D eigenvalue weighted by Crippen LogP contribution is -2.60. The number of fused-ring (bicyclic) bond motifs is 5. The molecular formula is C21H22N2O4. The van der Waals surface area contributed by atoms with Crippen LogP contribution in [0.25, 0.3) is 0 Å². The van der Waals surface area contributed by atoms with Crippen molar-refractivity contribution in [2.24, 2.45) is 0 Å². The van der Waals surface area contributed by atoms with Gasteiger partial charge in [-0.15, -0.1) is 0 Å². The van der Waals surface area contributed by atoms with Crippen LogP contribution >= 0.6 is 0 Å². The van der Waals surface area contributed by atoms with E-state index in [1.165, 1.54) is 0 Å². The number of nitrogens with two attached hydrogens (primary N) is 1. The highest BCUT2D eigenvalue weighted by atomic mass is 16.6. The van der Waals surface area contributed by atoms with E-state index in [1.54, 1.807) is 31.2 Å². The third-order valence-electron chi connectivity index (χ3n) is 5.52. The number of carbonyl (C=O) groups is 2. The smallest absolute Gasteiger partial charge is 0.271 e. The molecule has 0 saturated heterocycles. The molecule has 0 aromatic heterocycles. The van der Waals surface area contributed by atoms with Gasteiger partial charge in [-0.2, -0.15) is 0 Å². The lowest BCUT2D eigenvalue weighted by Gasteiger charge is -2.34. The van der Waals surface area contributed by atoms with E-state index >= 15 is 0 Å². The summed E-state index contributed by atoms with van der Waals surface area (Å²) >= 11 is 0. The summed E-state index contributed by atoms with van der Waals surface area (Å²) in [5, 5.41) is 14.4. The summed E-state index contributed by atoms with van der Waals surface area (Å²) in [7, 11) is 0. The fraction of sp³-hybridized carbons (Fsp3) is 0.333. The van der Waals surface area contributed by atoms with Crippen LogP contribution in [0.3, 0.4) is 0 Å². The first-order valence-corrected chi connectivity index (χ1v) is 9.06. The summed E-state index contributed by atoms with van der Waals surface area (Å²) in [6.45, 7) is 5.77. The molecule has 2 unspecified atom stereocenters. The number of nitrogen functional groups attached to an aromatic ring is 1. The zero-order valence-corrected chi connectivity index (χ0v) is 15.5. The number of benzene rings is 2. The normalized spacial score (nSPS) is 25.0. The van der Waals surface area contributed by atoms with E-state index in [0.717, 1.165) is 5.56 Å². The van der Waals surface area contributed by atoms with Crippen molar-refractivity contribution >= 4 is 17.4 Å². The van der Waals surface area contributed by atoms with Crippen molar-refractivity contribution in [3.05, 3.63) is 58.7 Å². The molecule has 0 bridgehead atoms. The standard InChI is InChI=1S/C21H22N2O4/c1-4-17(24)23-20-13-9-8-12(11(2)3)10-16(13)27-21(20,26)14-6-5-7-15(22)18(14)19(20)25/h5-11,26H,4,22H2,1-3H3,(H,23,24). The van der Waals surface area contributed by atoms with E-state index in [4.69, 9.17) is 10.5 Å². The van der Waals surface area contributed by atoms with Crippen molar-refractivity contribution in [2.75, 3.05) is 5.73 Å². The molecule has 6 heteroatoms.